The summed E-state index contributed by atoms with van der Waals surface area (Å²) >= 11 is 0. The highest BCUT2D eigenvalue weighted by Crippen LogP contribution is 2.23. The van der Waals surface area contributed by atoms with Crippen LogP contribution in [0.3, 0.4) is 0 Å². The van der Waals surface area contributed by atoms with Crippen LogP contribution < -0.4 is 0 Å². The molecule has 1 saturated heterocycles. The van der Waals surface area contributed by atoms with Gasteiger partial charge in [0, 0.05) is 0 Å². The molecule has 0 aliphatic carbocycles. The van der Waals surface area contributed by atoms with Crippen LogP contribution in [-0.2, 0) is 4.74 Å². The van der Waals surface area contributed by atoms with Crippen molar-refractivity contribution in [2.75, 3.05) is 0 Å². The van der Waals surface area contributed by atoms with Gasteiger partial charge in [-0.05, 0) is 32.6 Å². The first-order valence-corrected chi connectivity index (χ1v) is 4.85. The van der Waals surface area contributed by atoms with E-state index < -0.39 is 0 Å². The molecular weight excluding hydrogens is 136 g/mol. The molecule has 1 aliphatic rings. The summed E-state index contributed by atoms with van der Waals surface area (Å²) in [6.45, 7) is 10.6. The van der Waals surface area contributed by atoms with Gasteiger partial charge in [0.05, 0.1) is 12.2 Å². The highest BCUT2D eigenvalue weighted by Gasteiger charge is 2.21. The minimum atomic E-state index is 0.480. The summed E-state index contributed by atoms with van der Waals surface area (Å²) in [5.41, 5.74) is 0. The zero-order chi connectivity index (χ0) is 8.85. The van der Waals surface area contributed by atoms with Gasteiger partial charge >= 0.3 is 0 Å². The predicted octanol–water partition coefficient (Wildman–Crippen LogP) is 3.24. The summed E-state index contributed by atoms with van der Waals surface area (Å²) in [5.74, 6) is 0.765. The maximum Gasteiger partial charge on any atom is 0.0576 e. The van der Waals surface area contributed by atoms with Gasteiger partial charge in [0.1, 0.15) is 0 Å². The van der Waals surface area contributed by atoms with Crippen molar-refractivity contribution >= 4 is 0 Å². The molecule has 2 unspecified atom stereocenters. The molecule has 0 bridgehead atoms. The first kappa shape index (κ1) is 11.0. The first-order chi connectivity index (χ1) is 5.20. The molecule has 1 rings (SSSR count). The molecule has 1 aliphatic heterocycles. The molecule has 0 saturated carbocycles. The molecule has 1 nitrogen and oxygen atoms in total. The van der Waals surface area contributed by atoms with Crippen molar-refractivity contribution in [3.8, 4) is 0 Å². The average Bonchev–Trinajstić information content (AvgIpc) is 2.02. The Balaban J connectivity index is 0.000000461. The number of ether oxygens (including phenoxy) is 1. The van der Waals surface area contributed by atoms with Crippen LogP contribution in [0.25, 0.3) is 0 Å². The van der Waals surface area contributed by atoms with Crippen LogP contribution >= 0.6 is 0 Å². The SMILES string of the molecule is CC.CC1CCC(C)[C@H](C)O1. The van der Waals surface area contributed by atoms with Crippen LogP contribution in [0.5, 0.6) is 0 Å². The van der Waals surface area contributed by atoms with Gasteiger partial charge in [0.15, 0.2) is 0 Å². The third-order valence-corrected chi connectivity index (χ3v) is 2.28. The lowest BCUT2D eigenvalue weighted by Gasteiger charge is -2.30. The van der Waals surface area contributed by atoms with Crippen molar-refractivity contribution in [3.63, 3.8) is 0 Å². The average molecular weight is 158 g/mol. The topological polar surface area (TPSA) is 9.23 Å². The van der Waals surface area contributed by atoms with Crippen molar-refractivity contribution < 1.29 is 4.74 Å². The van der Waals surface area contributed by atoms with Gasteiger partial charge in [0.2, 0.25) is 0 Å². The number of rotatable bonds is 0. The van der Waals surface area contributed by atoms with Crippen LogP contribution in [0.1, 0.15) is 47.5 Å². The molecule has 1 heteroatoms. The molecule has 0 amide bonds. The molecule has 1 fully saturated rings. The quantitative estimate of drug-likeness (QED) is 0.526. The normalized spacial score (nSPS) is 37.4. The second kappa shape index (κ2) is 5.59. The molecule has 0 aromatic rings. The highest BCUT2D eigenvalue weighted by atomic mass is 16.5. The maximum atomic E-state index is 5.60. The van der Waals surface area contributed by atoms with E-state index in [0.29, 0.717) is 12.2 Å². The van der Waals surface area contributed by atoms with E-state index in [-0.39, 0.29) is 0 Å². The molecule has 11 heavy (non-hydrogen) atoms. The first-order valence-electron chi connectivity index (χ1n) is 4.85. The zero-order valence-corrected chi connectivity index (χ0v) is 8.55. The summed E-state index contributed by atoms with van der Waals surface area (Å²) in [6.07, 6.45) is 3.55. The third kappa shape index (κ3) is 3.76. The van der Waals surface area contributed by atoms with Crippen LogP contribution in [-0.4, -0.2) is 12.2 Å². The lowest BCUT2D eigenvalue weighted by Crippen LogP contribution is -2.29. The minimum absolute atomic E-state index is 0.480. The van der Waals surface area contributed by atoms with Crippen molar-refractivity contribution in [2.45, 2.75) is 59.7 Å². The smallest absolute Gasteiger partial charge is 0.0576 e. The molecule has 0 N–H and O–H groups in total. The highest BCUT2D eigenvalue weighted by molar-refractivity contribution is 4.70. The Hall–Kier alpha value is -0.0400. The zero-order valence-electron chi connectivity index (χ0n) is 8.55. The van der Waals surface area contributed by atoms with Crippen LogP contribution in [0.15, 0.2) is 0 Å². The predicted molar refractivity (Wildman–Crippen MR) is 49.8 cm³/mol. The summed E-state index contributed by atoms with van der Waals surface area (Å²) in [5, 5.41) is 0. The van der Waals surface area contributed by atoms with E-state index >= 15 is 0 Å². The Bertz CT molecular complexity index is 90.9. The van der Waals surface area contributed by atoms with E-state index in [1.54, 1.807) is 0 Å². The second-order valence-electron chi connectivity index (χ2n) is 3.21. The Morgan fingerprint density at radius 3 is 1.91 bits per heavy atom. The second-order valence-corrected chi connectivity index (χ2v) is 3.21. The minimum Gasteiger partial charge on any atom is -0.375 e. The van der Waals surface area contributed by atoms with E-state index in [1.165, 1.54) is 12.8 Å². The summed E-state index contributed by atoms with van der Waals surface area (Å²) in [6, 6.07) is 0. The van der Waals surface area contributed by atoms with E-state index in [0.717, 1.165) is 5.92 Å². The van der Waals surface area contributed by atoms with Gasteiger partial charge in [-0.2, -0.15) is 0 Å². The van der Waals surface area contributed by atoms with E-state index in [1.807, 2.05) is 13.8 Å². The fourth-order valence-electron chi connectivity index (χ4n) is 1.30. The molecule has 1 heterocycles. The monoisotopic (exact) mass is 158 g/mol. The summed E-state index contributed by atoms with van der Waals surface area (Å²) in [4.78, 5) is 0. The van der Waals surface area contributed by atoms with Crippen LogP contribution in [0, 0.1) is 5.92 Å². The lowest BCUT2D eigenvalue weighted by molar-refractivity contribution is -0.0594. The summed E-state index contributed by atoms with van der Waals surface area (Å²) in [7, 11) is 0. The standard InChI is InChI=1S/C8H16O.C2H6/c1-6-4-5-7(2)9-8(6)3;1-2/h6-8H,4-5H2,1-3H3;1-2H3/t6?,7?,8-;/m0./s1. The van der Waals surface area contributed by atoms with Gasteiger partial charge in [-0.25, -0.2) is 0 Å². The summed E-state index contributed by atoms with van der Waals surface area (Å²) < 4.78 is 5.60. The molecule has 0 radical (unpaired) electrons. The Morgan fingerprint density at radius 2 is 1.55 bits per heavy atom. The lowest BCUT2D eigenvalue weighted by atomic mass is 9.95. The van der Waals surface area contributed by atoms with Gasteiger partial charge in [-0.15, -0.1) is 0 Å². The molecule has 0 aromatic heterocycles. The number of hydrogen-bond acceptors (Lipinski definition) is 1. The Morgan fingerprint density at radius 1 is 1.00 bits per heavy atom. The largest absolute Gasteiger partial charge is 0.375 e. The van der Waals surface area contributed by atoms with Gasteiger partial charge in [0.25, 0.3) is 0 Å². The van der Waals surface area contributed by atoms with Gasteiger partial charge in [-0.1, -0.05) is 20.8 Å². The van der Waals surface area contributed by atoms with Crippen molar-refractivity contribution in [3.05, 3.63) is 0 Å². The van der Waals surface area contributed by atoms with Crippen LogP contribution in [0.4, 0.5) is 0 Å². The molecular formula is C10H22O. The molecule has 3 atom stereocenters. The van der Waals surface area contributed by atoms with E-state index in [2.05, 4.69) is 20.8 Å². The van der Waals surface area contributed by atoms with Crippen LogP contribution in [0.2, 0.25) is 0 Å². The molecule has 0 spiro atoms. The maximum absolute atomic E-state index is 5.60. The van der Waals surface area contributed by atoms with Crippen molar-refractivity contribution in [1.82, 2.24) is 0 Å². The van der Waals surface area contributed by atoms with Gasteiger partial charge < -0.3 is 4.74 Å². The van der Waals surface area contributed by atoms with E-state index in [4.69, 9.17) is 4.74 Å². The molecule has 68 valence electrons. The number of hydrogen-bond donors (Lipinski definition) is 0. The fraction of sp³-hybridized carbons (Fsp3) is 1.00. The fourth-order valence-corrected chi connectivity index (χ4v) is 1.30. The Labute approximate surface area is 71.1 Å². The Kier molecular flexibility index (Phi) is 5.57. The van der Waals surface area contributed by atoms with Crippen molar-refractivity contribution in [2.24, 2.45) is 5.92 Å². The molecule has 0 aromatic carbocycles. The van der Waals surface area contributed by atoms with Gasteiger partial charge in [-0.3, -0.25) is 0 Å². The third-order valence-electron chi connectivity index (χ3n) is 2.28. The van der Waals surface area contributed by atoms with Crippen molar-refractivity contribution in [1.29, 1.82) is 0 Å². The van der Waals surface area contributed by atoms with E-state index in [9.17, 15) is 0 Å².